The average molecular weight is 363 g/mol. The molecular formula is C21H21N3O3. The molecule has 0 bridgehead atoms. The summed E-state index contributed by atoms with van der Waals surface area (Å²) in [5.74, 6) is -0.344. The molecule has 1 aliphatic heterocycles. The van der Waals surface area contributed by atoms with Crippen molar-refractivity contribution in [1.82, 2.24) is 9.55 Å². The number of imidazole rings is 1. The molecule has 6 heteroatoms. The van der Waals surface area contributed by atoms with Crippen LogP contribution in [0.1, 0.15) is 30.7 Å². The van der Waals surface area contributed by atoms with Crippen LogP contribution in [0.15, 0.2) is 48.5 Å². The summed E-state index contributed by atoms with van der Waals surface area (Å²) in [4.78, 5) is 30.4. The average Bonchev–Trinajstić information content (AvgIpc) is 3.22. The smallest absolute Gasteiger partial charge is 0.323 e. The van der Waals surface area contributed by atoms with Gasteiger partial charge in [0.05, 0.1) is 11.0 Å². The number of nitrogens with zero attached hydrogens (tertiary/aromatic N) is 3. The molecule has 1 amide bonds. The Morgan fingerprint density at radius 2 is 1.93 bits per heavy atom. The molecule has 138 valence electrons. The Morgan fingerprint density at radius 3 is 2.63 bits per heavy atom. The molecule has 1 aliphatic rings. The standard InChI is InChI=1S/C21H21N3O3/c1-2-14-7-9-16(10-8-14)23-12-15(11-19(23)25)21-22-17-5-3-4-6-18(17)24(21)13-20(26)27/h3-10,15H,2,11-13H2,1H3,(H,26,27)/t15-/m0/s1. The number of amides is 1. The highest BCUT2D eigenvalue weighted by molar-refractivity contribution is 5.96. The topological polar surface area (TPSA) is 75.4 Å². The van der Waals surface area contributed by atoms with Crippen LogP contribution in [0.4, 0.5) is 5.69 Å². The lowest BCUT2D eigenvalue weighted by Gasteiger charge is -2.17. The highest BCUT2D eigenvalue weighted by Crippen LogP contribution is 2.33. The summed E-state index contributed by atoms with van der Waals surface area (Å²) in [5.41, 5.74) is 3.64. The molecule has 1 aromatic heterocycles. The maximum atomic E-state index is 12.6. The van der Waals surface area contributed by atoms with E-state index in [1.165, 1.54) is 5.56 Å². The normalized spacial score (nSPS) is 17.0. The van der Waals surface area contributed by atoms with Gasteiger partial charge >= 0.3 is 5.97 Å². The fourth-order valence-electron chi connectivity index (χ4n) is 3.75. The lowest BCUT2D eigenvalue weighted by molar-refractivity contribution is -0.137. The fraction of sp³-hybridized carbons (Fsp3) is 0.286. The zero-order chi connectivity index (χ0) is 19.0. The number of aryl methyl sites for hydroxylation is 1. The molecule has 1 saturated heterocycles. The van der Waals surface area contributed by atoms with E-state index in [9.17, 15) is 14.7 Å². The molecule has 2 aromatic carbocycles. The summed E-state index contributed by atoms with van der Waals surface area (Å²) in [6.07, 6.45) is 1.29. The summed E-state index contributed by atoms with van der Waals surface area (Å²) in [6.45, 7) is 2.44. The summed E-state index contributed by atoms with van der Waals surface area (Å²) >= 11 is 0. The van der Waals surface area contributed by atoms with Gasteiger partial charge in [-0.3, -0.25) is 9.59 Å². The Kier molecular flexibility index (Phi) is 4.39. The van der Waals surface area contributed by atoms with Crippen LogP contribution in [0.5, 0.6) is 0 Å². The van der Waals surface area contributed by atoms with E-state index in [1.54, 1.807) is 9.47 Å². The van der Waals surface area contributed by atoms with E-state index in [0.717, 1.165) is 23.1 Å². The van der Waals surface area contributed by atoms with Gasteiger partial charge in [-0.05, 0) is 36.2 Å². The molecule has 1 fully saturated rings. The van der Waals surface area contributed by atoms with Gasteiger partial charge in [0.1, 0.15) is 12.4 Å². The van der Waals surface area contributed by atoms with Gasteiger partial charge in [0.15, 0.2) is 0 Å². The van der Waals surface area contributed by atoms with Crippen molar-refractivity contribution in [3.05, 3.63) is 59.9 Å². The Hall–Kier alpha value is -3.15. The van der Waals surface area contributed by atoms with Crippen LogP contribution in [-0.4, -0.2) is 33.1 Å². The quantitative estimate of drug-likeness (QED) is 0.755. The monoisotopic (exact) mass is 363 g/mol. The lowest BCUT2D eigenvalue weighted by atomic mass is 10.1. The number of carboxylic acids is 1. The SMILES string of the molecule is CCc1ccc(N2C[C@@H](c3nc4ccccc4n3CC(=O)O)CC2=O)cc1. The molecule has 0 saturated carbocycles. The zero-order valence-corrected chi connectivity index (χ0v) is 15.1. The van der Waals surface area contributed by atoms with Gasteiger partial charge in [0.25, 0.3) is 0 Å². The number of aliphatic carboxylic acids is 1. The third-order valence-corrected chi connectivity index (χ3v) is 5.12. The lowest BCUT2D eigenvalue weighted by Crippen LogP contribution is -2.24. The van der Waals surface area contributed by atoms with Crippen LogP contribution >= 0.6 is 0 Å². The van der Waals surface area contributed by atoms with E-state index < -0.39 is 5.97 Å². The number of anilines is 1. The van der Waals surface area contributed by atoms with Crippen molar-refractivity contribution >= 4 is 28.6 Å². The third kappa shape index (κ3) is 3.18. The maximum absolute atomic E-state index is 12.6. The first-order chi connectivity index (χ1) is 13.1. The Morgan fingerprint density at radius 1 is 1.19 bits per heavy atom. The fourth-order valence-corrected chi connectivity index (χ4v) is 3.75. The summed E-state index contributed by atoms with van der Waals surface area (Å²) in [7, 11) is 0. The first kappa shape index (κ1) is 17.3. The highest BCUT2D eigenvalue weighted by Gasteiger charge is 2.35. The Bertz CT molecular complexity index is 1010. The molecule has 4 rings (SSSR count). The number of para-hydroxylation sites is 2. The number of rotatable bonds is 5. The first-order valence-electron chi connectivity index (χ1n) is 9.13. The number of carbonyl (C=O) groups excluding carboxylic acids is 1. The van der Waals surface area contributed by atoms with Gasteiger partial charge in [0.2, 0.25) is 5.91 Å². The minimum atomic E-state index is -0.921. The molecule has 0 unspecified atom stereocenters. The van der Waals surface area contributed by atoms with Gasteiger partial charge in [-0.1, -0.05) is 31.2 Å². The van der Waals surface area contributed by atoms with E-state index in [0.29, 0.717) is 18.8 Å². The molecule has 0 radical (unpaired) electrons. The number of fused-ring (bicyclic) bond motifs is 1. The van der Waals surface area contributed by atoms with Crippen LogP contribution in [0.2, 0.25) is 0 Å². The van der Waals surface area contributed by atoms with E-state index in [1.807, 2.05) is 48.5 Å². The molecule has 0 spiro atoms. The van der Waals surface area contributed by atoms with E-state index >= 15 is 0 Å². The van der Waals surface area contributed by atoms with E-state index in [4.69, 9.17) is 0 Å². The molecule has 2 heterocycles. The van der Waals surface area contributed by atoms with Crippen molar-refractivity contribution in [2.45, 2.75) is 32.2 Å². The molecule has 1 N–H and O–H groups in total. The minimum Gasteiger partial charge on any atom is -0.480 e. The largest absolute Gasteiger partial charge is 0.480 e. The van der Waals surface area contributed by atoms with Crippen molar-refractivity contribution in [2.24, 2.45) is 0 Å². The van der Waals surface area contributed by atoms with Crippen molar-refractivity contribution in [2.75, 3.05) is 11.4 Å². The summed E-state index contributed by atoms with van der Waals surface area (Å²) in [6, 6.07) is 15.5. The highest BCUT2D eigenvalue weighted by atomic mass is 16.4. The molecule has 27 heavy (non-hydrogen) atoms. The number of aromatic nitrogens is 2. The van der Waals surface area contributed by atoms with Gasteiger partial charge < -0.3 is 14.6 Å². The Labute approximate surface area is 157 Å². The van der Waals surface area contributed by atoms with Crippen molar-refractivity contribution in [3.8, 4) is 0 Å². The number of carbonyl (C=O) groups is 2. The van der Waals surface area contributed by atoms with Crippen molar-refractivity contribution < 1.29 is 14.7 Å². The predicted molar refractivity (Wildman–Crippen MR) is 103 cm³/mol. The van der Waals surface area contributed by atoms with Crippen LogP contribution in [0.3, 0.4) is 0 Å². The number of hydrogen-bond acceptors (Lipinski definition) is 3. The van der Waals surface area contributed by atoms with Crippen LogP contribution in [-0.2, 0) is 22.6 Å². The summed E-state index contributed by atoms with van der Waals surface area (Å²) in [5, 5.41) is 9.32. The van der Waals surface area contributed by atoms with Gasteiger partial charge in [-0.2, -0.15) is 0 Å². The molecule has 0 aliphatic carbocycles. The number of hydrogen-bond donors (Lipinski definition) is 1. The third-order valence-electron chi connectivity index (χ3n) is 5.12. The number of carboxylic acid groups (broad SMARTS) is 1. The second-order valence-corrected chi connectivity index (χ2v) is 6.86. The zero-order valence-electron chi connectivity index (χ0n) is 15.1. The molecule has 3 aromatic rings. The van der Waals surface area contributed by atoms with Crippen LogP contribution in [0.25, 0.3) is 11.0 Å². The molecular weight excluding hydrogens is 342 g/mol. The van der Waals surface area contributed by atoms with E-state index in [-0.39, 0.29) is 18.4 Å². The minimum absolute atomic E-state index is 0.0400. The van der Waals surface area contributed by atoms with Crippen LogP contribution in [0, 0.1) is 0 Å². The van der Waals surface area contributed by atoms with Gasteiger partial charge in [-0.25, -0.2) is 4.98 Å². The first-order valence-corrected chi connectivity index (χ1v) is 9.13. The summed E-state index contributed by atoms with van der Waals surface area (Å²) < 4.78 is 1.72. The number of benzene rings is 2. The van der Waals surface area contributed by atoms with Crippen LogP contribution < -0.4 is 4.90 Å². The predicted octanol–water partition coefficient (Wildman–Crippen LogP) is 3.20. The second kappa shape index (κ2) is 6.87. The maximum Gasteiger partial charge on any atom is 0.323 e. The molecule has 6 nitrogen and oxygen atoms in total. The van der Waals surface area contributed by atoms with E-state index in [2.05, 4.69) is 11.9 Å². The van der Waals surface area contributed by atoms with Gasteiger partial charge in [-0.15, -0.1) is 0 Å². The molecule has 1 atom stereocenters. The van der Waals surface area contributed by atoms with Crippen molar-refractivity contribution in [3.63, 3.8) is 0 Å². The van der Waals surface area contributed by atoms with Crippen molar-refractivity contribution in [1.29, 1.82) is 0 Å². The van der Waals surface area contributed by atoms with Gasteiger partial charge in [0, 0.05) is 24.6 Å². The second-order valence-electron chi connectivity index (χ2n) is 6.86. The Balaban J connectivity index is 1.68.